The second-order valence-electron chi connectivity index (χ2n) is 3.75. The van der Waals surface area contributed by atoms with Crippen molar-refractivity contribution in [3.8, 4) is 0 Å². The van der Waals surface area contributed by atoms with E-state index in [1.54, 1.807) is 0 Å². The van der Waals surface area contributed by atoms with Gasteiger partial charge in [0, 0.05) is 0 Å². The second kappa shape index (κ2) is 25.4. The van der Waals surface area contributed by atoms with Gasteiger partial charge in [0.15, 0.2) is 15.2 Å². The predicted octanol–water partition coefficient (Wildman–Crippen LogP) is 5.45. The van der Waals surface area contributed by atoms with Crippen molar-refractivity contribution in [1.82, 2.24) is 0 Å². The van der Waals surface area contributed by atoms with Crippen molar-refractivity contribution in [2.45, 2.75) is 62.9 Å². The maximum atomic E-state index is 4.64. The van der Waals surface area contributed by atoms with E-state index in [-0.39, 0.29) is 7.43 Å². The second-order valence-corrected chi connectivity index (χ2v) is 4.90. The van der Waals surface area contributed by atoms with E-state index >= 15 is 0 Å². The molecule has 0 atom stereocenters. The van der Waals surface area contributed by atoms with Crippen molar-refractivity contribution in [1.29, 1.82) is 0 Å². The average molecular weight is 294 g/mol. The van der Waals surface area contributed by atoms with Gasteiger partial charge in [-0.2, -0.15) is 0 Å². The molecule has 2 rings (SSSR count). The summed E-state index contributed by atoms with van der Waals surface area (Å²) in [5.41, 5.74) is 0. The Morgan fingerprint density at radius 3 is 1.19 bits per heavy atom. The summed E-state index contributed by atoms with van der Waals surface area (Å²) in [6, 6.07) is 0. The zero-order valence-corrected chi connectivity index (χ0v) is 14.7. The third-order valence-corrected chi connectivity index (χ3v) is 2.16. The zero-order valence-electron chi connectivity index (χ0n) is 11.3. The molecule has 0 aromatic carbocycles. The quantitative estimate of drug-likeness (QED) is 0.411. The summed E-state index contributed by atoms with van der Waals surface area (Å²) in [6.45, 7) is 0. The fraction of sp³-hybridized carbons (Fsp3) is 0.769. The number of hydrogen-bond donors (Lipinski definition) is 0. The first-order valence-corrected chi connectivity index (χ1v) is 10.5. The molecule has 0 N–H and O–H groups in total. The van der Waals surface area contributed by atoms with Gasteiger partial charge in [-0.25, -0.2) is 0 Å². The Kier molecular flexibility index (Phi) is 36.0. The predicted molar refractivity (Wildman–Crippen MR) is 75.3 cm³/mol. The average Bonchev–Trinajstić information content (AvgIpc) is 3.01. The van der Waals surface area contributed by atoms with Crippen molar-refractivity contribution in [2.24, 2.45) is 0 Å². The summed E-state index contributed by atoms with van der Waals surface area (Å²) in [7, 11) is 4.64. The van der Waals surface area contributed by atoms with Gasteiger partial charge in [0.25, 0.3) is 0 Å². The van der Waals surface area contributed by atoms with Crippen LogP contribution in [0.1, 0.15) is 51.4 Å². The van der Waals surface area contributed by atoms with Gasteiger partial charge < -0.3 is 7.43 Å². The monoisotopic (exact) mass is 293 g/mol. The van der Waals surface area contributed by atoms with E-state index in [0.717, 1.165) is 15.2 Å². The fourth-order valence-corrected chi connectivity index (χ4v) is 1.47. The van der Waals surface area contributed by atoms with Crippen LogP contribution in [0, 0.1) is 20.3 Å². The first-order valence-electron chi connectivity index (χ1n) is 5.99. The van der Waals surface area contributed by atoms with E-state index in [1.807, 2.05) is 0 Å². The van der Waals surface area contributed by atoms with E-state index in [4.69, 9.17) is 0 Å². The van der Waals surface area contributed by atoms with Gasteiger partial charge in [-0.15, -0.1) is 11.6 Å². The standard InChI is InChI=1S/C5H10.C5H8.3CH3.Al.ClH.Ti/c2*1-2-4-5-3-1;;;;;;/h1-5H2;1-2H,3-5H2;3*1H3;;1H;/q;;;;-1;;;+2/p-1. The van der Waals surface area contributed by atoms with E-state index < -0.39 is 0 Å². The van der Waals surface area contributed by atoms with Crippen LogP contribution in [0.5, 0.6) is 0 Å². The van der Waals surface area contributed by atoms with E-state index in [9.17, 15) is 0 Å². The molecule has 0 unspecified atom stereocenters. The molecule has 0 aromatic heterocycles. The van der Waals surface area contributed by atoms with Gasteiger partial charge in [-0.05, 0) is 25.7 Å². The first-order chi connectivity index (χ1) is 7.41. The molecule has 2 saturated carbocycles. The molecule has 3 radical (unpaired) electrons. The van der Waals surface area contributed by atoms with Gasteiger partial charge >= 0.3 is 28.7 Å². The molecule has 3 heteroatoms. The summed E-state index contributed by atoms with van der Waals surface area (Å²) < 4.78 is 0. The molecule has 0 aliphatic heterocycles. The number of hydrogen-bond acceptors (Lipinski definition) is 0. The molecule has 2 aliphatic carbocycles. The summed E-state index contributed by atoms with van der Waals surface area (Å²) in [5.74, 6) is 4.42. The molecule has 2 fully saturated rings. The SMILES string of the molecule is C1CCCC1.[CH3-].[CH3][Al][CH3].[CH]1[CH]CCC1.[Cl][Ti+]. The van der Waals surface area contributed by atoms with Crippen LogP contribution in [0.2, 0.25) is 11.6 Å². The van der Waals surface area contributed by atoms with Crippen molar-refractivity contribution in [3.05, 3.63) is 20.3 Å². The van der Waals surface area contributed by atoms with Crippen molar-refractivity contribution in [3.63, 3.8) is 0 Å². The molecule has 16 heavy (non-hydrogen) atoms. The minimum absolute atomic E-state index is 0. The third-order valence-electron chi connectivity index (χ3n) is 2.16. The van der Waals surface area contributed by atoms with Gasteiger partial charge in [-0.1, -0.05) is 38.5 Å². The fourth-order valence-electron chi connectivity index (χ4n) is 1.47. The van der Waals surface area contributed by atoms with Crippen LogP contribution in [0.25, 0.3) is 0 Å². The topological polar surface area (TPSA) is 0 Å². The molecule has 0 spiro atoms. The maximum absolute atomic E-state index is 4.64. The van der Waals surface area contributed by atoms with E-state index in [2.05, 4.69) is 33.7 Å². The van der Waals surface area contributed by atoms with Crippen molar-refractivity contribution in [2.75, 3.05) is 0 Å². The normalized spacial score (nSPS) is 16.1. The Hall–Kier alpha value is 1.54. The molecular weight excluding hydrogens is 266 g/mol. The zero-order chi connectivity index (χ0) is 11.8. The van der Waals surface area contributed by atoms with E-state index in [1.165, 1.54) is 70.7 Å². The van der Waals surface area contributed by atoms with Crippen LogP contribution >= 0.6 is 9.30 Å². The Labute approximate surface area is 126 Å². The van der Waals surface area contributed by atoms with Crippen LogP contribution < -0.4 is 0 Å². The molecule has 0 nitrogen and oxygen atoms in total. The summed E-state index contributed by atoms with van der Waals surface area (Å²) in [6.07, 6.45) is 16.0. The van der Waals surface area contributed by atoms with Crippen LogP contribution in [0.3, 0.4) is 0 Å². The molecule has 0 bridgehead atoms. The van der Waals surface area contributed by atoms with Crippen LogP contribution in [0.4, 0.5) is 0 Å². The molecule has 0 aromatic rings. The third kappa shape index (κ3) is 24.7. The minimum atomic E-state index is 0. The Morgan fingerprint density at radius 2 is 1.06 bits per heavy atom. The Morgan fingerprint density at radius 1 is 0.812 bits per heavy atom. The van der Waals surface area contributed by atoms with Crippen molar-refractivity contribution >= 4 is 24.5 Å². The number of halogens is 1. The van der Waals surface area contributed by atoms with Crippen LogP contribution in [-0.2, 0) is 19.4 Å². The van der Waals surface area contributed by atoms with Gasteiger partial charge in [0.05, 0.1) is 0 Å². The Balaban J connectivity index is -0.000000147. The molecule has 2 aliphatic rings. The Bertz CT molecular complexity index is 58.8. The summed E-state index contributed by atoms with van der Waals surface area (Å²) in [5, 5.41) is 0. The van der Waals surface area contributed by atoms with Gasteiger partial charge in [0.2, 0.25) is 0 Å². The van der Waals surface area contributed by atoms with Crippen molar-refractivity contribution < 1.29 is 19.4 Å². The first kappa shape index (κ1) is 22.7. The molecule has 0 saturated heterocycles. The summed E-state index contributed by atoms with van der Waals surface area (Å²) in [4.78, 5) is 0. The van der Waals surface area contributed by atoms with Gasteiger partial charge in [0.1, 0.15) is 0 Å². The number of rotatable bonds is 0. The molecule has 93 valence electrons. The van der Waals surface area contributed by atoms with Gasteiger partial charge in [-0.3, -0.25) is 0 Å². The molecule has 0 amide bonds. The van der Waals surface area contributed by atoms with E-state index in [0.29, 0.717) is 0 Å². The van der Waals surface area contributed by atoms with Crippen LogP contribution in [-0.4, -0.2) is 15.2 Å². The molecule has 0 heterocycles. The summed E-state index contributed by atoms with van der Waals surface area (Å²) >= 11 is 2.22. The molecular formula is C13H27AlClTi. The van der Waals surface area contributed by atoms with Crippen LogP contribution in [0.15, 0.2) is 0 Å².